The minimum atomic E-state index is -0.503. The molecule has 0 spiro atoms. The molecule has 3 N–H and O–H groups in total. The first-order valence-corrected chi connectivity index (χ1v) is 6.23. The number of anilines is 1. The van der Waals surface area contributed by atoms with Crippen molar-refractivity contribution in [3.8, 4) is 11.5 Å². The third-order valence-corrected chi connectivity index (χ3v) is 2.47. The summed E-state index contributed by atoms with van der Waals surface area (Å²) in [5, 5.41) is 2.60. The third-order valence-electron chi connectivity index (χ3n) is 2.47. The van der Waals surface area contributed by atoms with Crippen LogP contribution in [0.2, 0.25) is 0 Å². The number of hydrogen-bond acceptors (Lipinski definition) is 4. The van der Waals surface area contributed by atoms with E-state index < -0.39 is 6.09 Å². The molecule has 0 bridgehead atoms. The standard InChI is InChI=1S/C15H16N2O3/c16-12-6-8-13(9-7-12)19-11-10-17-15(18)20-14-4-2-1-3-5-14/h1-9H,10-11,16H2,(H,17,18). The van der Waals surface area contributed by atoms with Crippen LogP contribution in [0, 0.1) is 0 Å². The van der Waals surface area contributed by atoms with E-state index >= 15 is 0 Å². The normalized spacial score (nSPS) is 9.80. The zero-order valence-corrected chi connectivity index (χ0v) is 10.9. The number of hydrogen-bond donors (Lipinski definition) is 2. The Morgan fingerprint density at radius 3 is 2.40 bits per heavy atom. The Kier molecular flexibility index (Phi) is 4.83. The molecule has 2 rings (SSSR count). The molecule has 5 heteroatoms. The molecule has 104 valence electrons. The van der Waals surface area contributed by atoms with E-state index in [1.807, 2.05) is 6.07 Å². The lowest BCUT2D eigenvalue weighted by Gasteiger charge is -2.08. The predicted octanol–water partition coefficient (Wildman–Crippen LogP) is 2.44. The summed E-state index contributed by atoms with van der Waals surface area (Å²) in [6.07, 6.45) is -0.503. The first-order chi connectivity index (χ1) is 9.74. The number of nitrogens with one attached hydrogen (secondary N) is 1. The van der Waals surface area contributed by atoms with Crippen molar-refractivity contribution in [1.29, 1.82) is 0 Å². The quantitative estimate of drug-likeness (QED) is 0.647. The van der Waals surface area contributed by atoms with Crippen molar-refractivity contribution in [3.63, 3.8) is 0 Å². The van der Waals surface area contributed by atoms with Crippen molar-refractivity contribution in [3.05, 3.63) is 54.6 Å². The number of para-hydroxylation sites is 1. The molecule has 0 atom stereocenters. The van der Waals surface area contributed by atoms with Crippen LogP contribution in [0.3, 0.4) is 0 Å². The fourth-order valence-electron chi connectivity index (χ4n) is 1.52. The number of benzene rings is 2. The number of carbonyl (C=O) groups is 1. The second kappa shape index (κ2) is 7.04. The van der Waals surface area contributed by atoms with Gasteiger partial charge in [-0.1, -0.05) is 18.2 Å². The van der Waals surface area contributed by atoms with Gasteiger partial charge in [-0.3, -0.25) is 0 Å². The largest absolute Gasteiger partial charge is 0.492 e. The van der Waals surface area contributed by atoms with Crippen LogP contribution >= 0.6 is 0 Å². The van der Waals surface area contributed by atoms with Crippen LogP contribution in [-0.4, -0.2) is 19.2 Å². The molecule has 0 aliphatic rings. The van der Waals surface area contributed by atoms with Gasteiger partial charge in [0.1, 0.15) is 18.1 Å². The molecule has 0 fully saturated rings. The lowest BCUT2D eigenvalue weighted by atomic mass is 10.3. The minimum absolute atomic E-state index is 0.355. The summed E-state index contributed by atoms with van der Waals surface area (Å²) in [6.45, 7) is 0.712. The topological polar surface area (TPSA) is 73.6 Å². The van der Waals surface area contributed by atoms with Gasteiger partial charge in [0.25, 0.3) is 0 Å². The van der Waals surface area contributed by atoms with E-state index in [9.17, 15) is 4.79 Å². The molecule has 0 aromatic heterocycles. The van der Waals surface area contributed by atoms with E-state index in [0.717, 1.165) is 0 Å². The van der Waals surface area contributed by atoms with Crippen molar-refractivity contribution in [2.45, 2.75) is 0 Å². The van der Waals surface area contributed by atoms with Gasteiger partial charge in [0.15, 0.2) is 0 Å². The zero-order valence-electron chi connectivity index (χ0n) is 10.9. The lowest BCUT2D eigenvalue weighted by molar-refractivity contribution is 0.197. The Labute approximate surface area is 117 Å². The van der Waals surface area contributed by atoms with Gasteiger partial charge in [0.2, 0.25) is 0 Å². The maximum Gasteiger partial charge on any atom is 0.412 e. The second-order valence-electron chi connectivity index (χ2n) is 4.05. The van der Waals surface area contributed by atoms with Crippen LogP contribution in [-0.2, 0) is 0 Å². The average Bonchev–Trinajstić information content (AvgIpc) is 2.46. The minimum Gasteiger partial charge on any atom is -0.492 e. The molecule has 5 nitrogen and oxygen atoms in total. The SMILES string of the molecule is Nc1ccc(OCCNC(=O)Oc2ccccc2)cc1. The van der Waals surface area contributed by atoms with Gasteiger partial charge in [-0.2, -0.15) is 0 Å². The van der Waals surface area contributed by atoms with Crippen molar-refractivity contribution in [2.75, 3.05) is 18.9 Å². The predicted molar refractivity (Wildman–Crippen MR) is 76.8 cm³/mol. The molecule has 0 aliphatic carbocycles. The maximum absolute atomic E-state index is 11.5. The fraction of sp³-hybridized carbons (Fsp3) is 0.133. The van der Waals surface area contributed by atoms with E-state index in [2.05, 4.69) is 5.32 Å². The van der Waals surface area contributed by atoms with E-state index in [1.165, 1.54) is 0 Å². The van der Waals surface area contributed by atoms with E-state index in [4.69, 9.17) is 15.2 Å². The molecule has 2 aromatic rings. The molecule has 0 saturated carbocycles. The van der Waals surface area contributed by atoms with Gasteiger partial charge < -0.3 is 20.5 Å². The fourth-order valence-corrected chi connectivity index (χ4v) is 1.52. The highest BCUT2D eigenvalue weighted by atomic mass is 16.6. The van der Waals surface area contributed by atoms with Gasteiger partial charge in [0, 0.05) is 5.69 Å². The van der Waals surface area contributed by atoms with Crippen LogP contribution in [0.1, 0.15) is 0 Å². The summed E-state index contributed by atoms with van der Waals surface area (Å²) in [6, 6.07) is 15.9. The number of nitrogens with two attached hydrogens (primary N) is 1. The maximum atomic E-state index is 11.5. The highest BCUT2D eigenvalue weighted by molar-refractivity contribution is 5.70. The highest BCUT2D eigenvalue weighted by Crippen LogP contribution is 2.12. The molecule has 1 amide bonds. The van der Waals surface area contributed by atoms with Gasteiger partial charge in [-0.15, -0.1) is 0 Å². The molecule has 0 aliphatic heterocycles. The van der Waals surface area contributed by atoms with Crippen molar-refractivity contribution < 1.29 is 14.3 Å². The van der Waals surface area contributed by atoms with Crippen LogP contribution in [0.15, 0.2) is 54.6 Å². The smallest absolute Gasteiger partial charge is 0.412 e. The van der Waals surface area contributed by atoms with Gasteiger partial charge in [0.05, 0.1) is 6.54 Å². The Balaban J connectivity index is 1.66. The lowest BCUT2D eigenvalue weighted by Crippen LogP contribution is -2.30. The monoisotopic (exact) mass is 272 g/mol. The molecule has 0 unspecified atom stereocenters. The number of rotatable bonds is 5. The summed E-state index contributed by atoms with van der Waals surface area (Å²) in [5.41, 5.74) is 6.25. The van der Waals surface area contributed by atoms with Crippen LogP contribution in [0.5, 0.6) is 11.5 Å². The molecule has 0 heterocycles. The third kappa shape index (κ3) is 4.53. The number of amides is 1. The summed E-state index contributed by atoms with van der Waals surface area (Å²) < 4.78 is 10.5. The van der Waals surface area contributed by atoms with Crippen LogP contribution in [0.25, 0.3) is 0 Å². The zero-order chi connectivity index (χ0) is 14.2. The number of ether oxygens (including phenoxy) is 2. The molecule has 2 aromatic carbocycles. The van der Waals surface area contributed by atoms with Gasteiger partial charge in [-0.05, 0) is 36.4 Å². The van der Waals surface area contributed by atoms with Gasteiger partial charge >= 0.3 is 6.09 Å². The van der Waals surface area contributed by atoms with Crippen LogP contribution < -0.4 is 20.5 Å². The summed E-state index contributed by atoms with van der Waals surface area (Å²) >= 11 is 0. The number of nitrogen functional groups attached to an aromatic ring is 1. The van der Waals surface area contributed by atoms with E-state index in [-0.39, 0.29) is 0 Å². The summed E-state index contributed by atoms with van der Waals surface area (Å²) in [7, 11) is 0. The first kappa shape index (κ1) is 13.7. The van der Waals surface area contributed by atoms with Crippen molar-refractivity contribution in [2.24, 2.45) is 0 Å². The van der Waals surface area contributed by atoms with Crippen LogP contribution in [0.4, 0.5) is 10.5 Å². The number of carbonyl (C=O) groups excluding carboxylic acids is 1. The molecule has 0 saturated heterocycles. The van der Waals surface area contributed by atoms with Crippen molar-refractivity contribution >= 4 is 11.8 Å². The highest BCUT2D eigenvalue weighted by Gasteiger charge is 2.02. The summed E-state index contributed by atoms with van der Waals surface area (Å²) in [5.74, 6) is 1.21. The van der Waals surface area contributed by atoms with E-state index in [1.54, 1.807) is 48.5 Å². The Morgan fingerprint density at radius 1 is 1.00 bits per heavy atom. The molecular weight excluding hydrogens is 256 g/mol. The Bertz CT molecular complexity index is 541. The van der Waals surface area contributed by atoms with E-state index in [0.29, 0.717) is 30.3 Å². The first-order valence-electron chi connectivity index (χ1n) is 6.23. The van der Waals surface area contributed by atoms with Crippen molar-refractivity contribution in [1.82, 2.24) is 5.32 Å². The Hall–Kier alpha value is -2.69. The molecular formula is C15H16N2O3. The molecule has 0 radical (unpaired) electrons. The average molecular weight is 272 g/mol. The molecule has 20 heavy (non-hydrogen) atoms. The second-order valence-corrected chi connectivity index (χ2v) is 4.05. The summed E-state index contributed by atoms with van der Waals surface area (Å²) in [4.78, 5) is 11.5. The van der Waals surface area contributed by atoms with Gasteiger partial charge in [-0.25, -0.2) is 4.79 Å². The Morgan fingerprint density at radius 2 is 1.70 bits per heavy atom.